The first-order chi connectivity index (χ1) is 9.34. The van der Waals surface area contributed by atoms with Crippen molar-refractivity contribution in [2.75, 3.05) is 46.3 Å². The maximum absolute atomic E-state index is 12.4. The highest BCUT2D eigenvalue weighted by Gasteiger charge is 2.33. The molecule has 2 saturated heterocycles. The highest BCUT2D eigenvalue weighted by Crippen LogP contribution is 2.26. The lowest BCUT2D eigenvalue weighted by molar-refractivity contribution is -0.124. The lowest BCUT2D eigenvalue weighted by Gasteiger charge is -2.34. The number of nitrogens with zero attached hydrogens (tertiary/aromatic N) is 3. The second-order valence-corrected chi connectivity index (χ2v) is 5.93. The lowest BCUT2D eigenvalue weighted by Crippen LogP contribution is -2.47. The van der Waals surface area contributed by atoms with Gasteiger partial charge < -0.3 is 9.80 Å². The van der Waals surface area contributed by atoms with Gasteiger partial charge in [0.1, 0.15) is 0 Å². The third-order valence-corrected chi connectivity index (χ3v) is 3.95. The van der Waals surface area contributed by atoms with E-state index in [1.807, 2.05) is 0 Å². The Morgan fingerprint density at radius 1 is 1.00 bits per heavy atom. The van der Waals surface area contributed by atoms with Crippen molar-refractivity contribution >= 4 is 6.41 Å². The fourth-order valence-electron chi connectivity index (χ4n) is 2.29. The monoisotopic (exact) mass is 291 g/mol. The Hall–Kier alpha value is -0.750. The molecule has 1 amide bonds. The average molecular weight is 291 g/mol. The first kappa shape index (κ1) is 17.3. The fraction of sp³-hybridized carbons (Fsp3) is 0.929. The van der Waals surface area contributed by atoms with Crippen molar-refractivity contribution in [3.63, 3.8) is 0 Å². The van der Waals surface area contributed by atoms with Crippen molar-refractivity contribution in [2.45, 2.75) is 38.7 Å². The number of rotatable bonds is 2. The maximum atomic E-state index is 12.4. The second-order valence-electron chi connectivity index (χ2n) is 5.93. The summed E-state index contributed by atoms with van der Waals surface area (Å²) in [5.41, 5.74) is 0. The standard InChI is InChI=1S/C8H18N2.C6H9F2NO/c1-8(2)10-6-4-9(3)5-7-10;7-6(8)1-3-9(5-10)4-2-6/h8H,4-7H2,1-3H3;5H,1-4H2. The Bertz CT molecular complexity index is 282. The zero-order valence-corrected chi connectivity index (χ0v) is 12.8. The van der Waals surface area contributed by atoms with Crippen LogP contribution in [0.2, 0.25) is 0 Å². The summed E-state index contributed by atoms with van der Waals surface area (Å²) in [5.74, 6) is -2.54. The molecule has 0 aliphatic carbocycles. The highest BCUT2D eigenvalue weighted by molar-refractivity contribution is 5.47. The van der Waals surface area contributed by atoms with Gasteiger partial charge in [0.15, 0.2) is 0 Å². The average Bonchev–Trinajstić information content (AvgIpc) is 2.40. The van der Waals surface area contributed by atoms with Gasteiger partial charge >= 0.3 is 0 Å². The Labute approximate surface area is 120 Å². The predicted octanol–water partition coefficient (Wildman–Crippen LogP) is 1.52. The molecule has 2 rings (SSSR count). The van der Waals surface area contributed by atoms with Crippen molar-refractivity contribution in [3.8, 4) is 0 Å². The van der Waals surface area contributed by atoms with Gasteiger partial charge in [0.05, 0.1) is 0 Å². The summed E-state index contributed by atoms with van der Waals surface area (Å²) in [5, 5.41) is 0. The molecule has 2 aliphatic heterocycles. The minimum Gasteiger partial charge on any atom is -0.345 e. The van der Waals surface area contributed by atoms with Crippen molar-refractivity contribution < 1.29 is 13.6 Å². The van der Waals surface area contributed by atoms with Crippen LogP contribution >= 0.6 is 0 Å². The van der Waals surface area contributed by atoms with Crippen molar-refractivity contribution in [2.24, 2.45) is 0 Å². The third-order valence-electron chi connectivity index (χ3n) is 3.95. The molecule has 0 aromatic heterocycles. The number of alkyl halides is 2. The van der Waals surface area contributed by atoms with E-state index in [-0.39, 0.29) is 25.9 Å². The molecule has 0 unspecified atom stereocenters. The van der Waals surface area contributed by atoms with E-state index in [9.17, 15) is 13.6 Å². The number of likely N-dealkylation sites (tertiary alicyclic amines) is 1. The minimum absolute atomic E-state index is 0.189. The Morgan fingerprint density at radius 2 is 1.50 bits per heavy atom. The van der Waals surface area contributed by atoms with Crippen molar-refractivity contribution in [1.29, 1.82) is 0 Å². The van der Waals surface area contributed by atoms with Crippen LogP contribution in [0.25, 0.3) is 0 Å². The molecule has 0 aromatic rings. The van der Waals surface area contributed by atoms with E-state index < -0.39 is 5.92 Å². The van der Waals surface area contributed by atoms with E-state index >= 15 is 0 Å². The fourth-order valence-corrected chi connectivity index (χ4v) is 2.29. The summed E-state index contributed by atoms with van der Waals surface area (Å²) < 4.78 is 24.7. The summed E-state index contributed by atoms with van der Waals surface area (Å²) in [4.78, 5) is 16.3. The van der Waals surface area contributed by atoms with Gasteiger partial charge in [0.25, 0.3) is 5.92 Å². The number of amides is 1. The van der Waals surface area contributed by atoms with Crippen LogP contribution in [0.1, 0.15) is 26.7 Å². The van der Waals surface area contributed by atoms with Crippen LogP contribution in [-0.2, 0) is 4.79 Å². The molecule has 4 nitrogen and oxygen atoms in total. The van der Waals surface area contributed by atoms with E-state index in [1.165, 1.54) is 31.1 Å². The van der Waals surface area contributed by atoms with Gasteiger partial charge in [-0.2, -0.15) is 0 Å². The number of hydrogen-bond donors (Lipinski definition) is 0. The number of piperazine rings is 1. The molecular formula is C14H27F2N3O. The Morgan fingerprint density at radius 3 is 1.90 bits per heavy atom. The molecule has 0 aromatic carbocycles. The van der Waals surface area contributed by atoms with Crippen molar-refractivity contribution in [1.82, 2.24) is 14.7 Å². The van der Waals surface area contributed by atoms with E-state index in [2.05, 4.69) is 30.7 Å². The summed E-state index contributed by atoms with van der Waals surface area (Å²) in [6, 6.07) is 0.730. The van der Waals surface area contributed by atoms with Crippen LogP contribution in [0, 0.1) is 0 Å². The van der Waals surface area contributed by atoms with E-state index in [4.69, 9.17) is 0 Å². The van der Waals surface area contributed by atoms with E-state index in [0.717, 1.165) is 6.04 Å². The molecule has 2 aliphatic rings. The van der Waals surface area contributed by atoms with Gasteiger partial charge in [-0.15, -0.1) is 0 Å². The van der Waals surface area contributed by atoms with Crippen LogP contribution in [-0.4, -0.2) is 79.4 Å². The summed E-state index contributed by atoms with van der Waals surface area (Å²) in [6.45, 7) is 9.88. The van der Waals surface area contributed by atoms with Gasteiger partial charge in [-0.05, 0) is 20.9 Å². The zero-order valence-electron chi connectivity index (χ0n) is 12.8. The van der Waals surface area contributed by atoms with Gasteiger partial charge in [0, 0.05) is 58.2 Å². The first-order valence-electron chi connectivity index (χ1n) is 7.34. The van der Waals surface area contributed by atoms with Crippen LogP contribution < -0.4 is 0 Å². The number of carbonyl (C=O) groups is 1. The predicted molar refractivity (Wildman–Crippen MR) is 76.0 cm³/mol. The molecule has 118 valence electrons. The van der Waals surface area contributed by atoms with Crippen molar-refractivity contribution in [3.05, 3.63) is 0 Å². The SMILES string of the molecule is CC(C)N1CCN(C)CC1.O=CN1CCC(F)(F)CC1. The largest absolute Gasteiger partial charge is 0.345 e. The van der Waals surface area contributed by atoms with Crippen LogP contribution in [0.5, 0.6) is 0 Å². The smallest absolute Gasteiger partial charge is 0.251 e. The lowest BCUT2D eigenvalue weighted by atomic mass is 10.1. The summed E-state index contributed by atoms with van der Waals surface area (Å²) >= 11 is 0. The second kappa shape index (κ2) is 7.88. The molecule has 0 saturated carbocycles. The summed E-state index contributed by atoms with van der Waals surface area (Å²) in [7, 11) is 2.19. The number of likely N-dealkylation sites (N-methyl/N-ethyl adjacent to an activating group) is 1. The molecule has 0 N–H and O–H groups in total. The molecule has 0 atom stereocenters. The number of piperidine rings is 1. The van der Waals surface area contributed by atoms with Crippen LogP contribution in [0.15, 0.2) is 0 Å². The molecule has 2 fully saturated rings. The van der Waals surface area contributed by atoms with Crippen LogP contribution in [0.4, 0.5) is 8.78 Å². The molecule has 0 bridgehead atoms. The summed E-state index contributed by atoms with van der Waals surface area (Å²) in [6.07, 6.45) is 0.243. The molecular weight excluding hydrogens is 264 g/mol. The van der Waals surface area contributed by atoms with Gasteiger partial charge in [-0.1, -0.05) is 0 Å². The molecule has 0 spiro atoms. The Balaban J connectivity index is 0.000000200. The Kier molecular flexibility index (Phi) is 6.82. The van der Waals surface area contributed by atoms with E-state index in [0.29, 0.717) is 6.41 Å². The maximum Gasteiger partial charge on any atom is 0.251 e. The van der Waals surface area contributed by atoms with Gasteiger partial charge in [-0.3, -0.25) is 9.69 Å². The van der Waals surface area contributed by atoms with E-state index in [1.54, 1.807) is 0 Å². The zero-order chi connectivity index (χ0) is 15.2. The molecule has 6 heteroatoms. The topological polar surface area (TPSA) is 26.8 Å². The first-order valence-corrected chi connectivity index (χ1v) is 7.34. The molecule has 2 heterocycles. The normalized spacial score (nSPS) is 24.2. The highest BCUT2D eigenvalue weighted by atomic mass is 19.3. The van der Waals surface area contributed by atoms with Crippen LogP contribution in [0.3, 0.4) is 0 Å². The molecule has 0 radical (unpaired) electrons. The van der Waals surface area contributed by atoms with Gasteiger partial charge in [0.2, 0.25) is 6.41 Å². The van der Waals surface area contributed by atoms with Gasteiger partial charge in [-0.25, -0.2) is 8.78 Å². The quantitative estimate of drug-likeness (QED) is 0.722. The third kappa shape index (κ3) is 6.13. The number of carbonyl (C=O) groups excluding carboxylic acids is 1. The molecule has 20 heavy (non-hydrogen) atoms. The number of hydrogen-bond acceptors (Lipinski definition) is 3. The minimum atomic E-state index is -2.54. The number of halogens is 2.